The number of nitriles is 1. The first kappa shape index (κ1) is 16.4. The van der Waals surface area contributed by atoms with Crippen LogP contribution in [0.1, 0.15) is 44.1 Å². The van der Waals surface area contributed by atoms with E-state index in [1.807, 2.05) is 18.2 Å². The molecule has 1 nitrogen and oxygen atoms in total. The average Bonchev–Trinajstić information content (AvgIpc) is 2.56. The van der Waals surface area contributed by atoms with E-state index in [9.17, 15) is 0 Å². The second-order valence-corrected chi connectivity index (χ2v) is 7.68. The van der Waals surface area contributed by atoms with Crippen LogP contribution in [0, 0.1) is 16.6 Å². The van der Waals surface area contributed by atoms with E-state index in [1.165, 1.54) is 31.2 Å². The largest absolute Gasteiger partial charge is 0.185 e. The molecule has 23 heavy (non-hydrogen) atoms. The SMILES string of the molecule is CC1CCC(c2ccc(-c3ccc(SC#N)cc3Cl)cc2)CC1. The molecular weight excluding hydrogens is 322 g/mol. The fourth-order valence-electron chi connectivity index (χ4n) is 3.37. The minimum Gasteiger partial charge on any atom is -0.185 e. The molecule has 0 amide bonds. The van der Waals surface area contributed by atoms with Gasteiger partial charge in [-0.15, -0.1) is 0 Å². The Labute approximate surface area is 147 Å². The van der Waals surface area contributed by atoms with Crippen molar-refractivity contribution in [1.82, 2.24) is 0 Å². The second-order valence-electron chi connectivity index (χ2n) is 6.41. The van der Waals surface area contributed by atoms with Crippen molar-refractivity contribution < 1.29 is 0 Å². The van der Waals surface area contributed by atoms with Gasteiger partial charge in [0.15, 0.2) is 0 Å². The molecule has 1 aliphatic rings. The molecule has 2 aromatic carbocycles. The van der Waals surface area contributed by atoms with Crippen molar-refractivity contribution in [1.29, 1.82) is 5.26 Å². The van der Waals surface area contributed by atoms with Crippen molar-refractivity contribution in [3.63, 3.8) is 0 Å². The Balaban J connectivity index is 1.78. The van der Waals surface area contributed by atoms with E-state index < -0.39 is 0 Å². The number of halogens is 1. The number of hydrogen-bond donors (Lipinski definition) is 0. The van der Waals surface area contributed by atoms with Crippen molar-refractivity contribution in [3.8, 4) is 16.5 Å². The summed E-state index contributed by atoms with van der Waals surface area (Å²) in [4.78, 5) is 0.884. The summed E-state index contributed by atoms with van der Waals surface area (Å²) >= 11 is 7.52. The van der Waals surface area contributed by atoms with E-state index in [4.69, 9.17) is 16.9 Å². The van der Waals surface area contributed by atoms with Crippen molar-refractivity contribution in [2.75, 3.05) is 0 Å². The van der Waals surface area contributed by atoms with E-state index in [-0.39, 0.29) is 0 Å². The predicted molar refractivity (Wildman–Crippen MR) is 98.7 cm³/mol. The third-order valence-corrected chi connectivity index (χ3v) is 5.71. The summed E-state index contributed by atoms with van der Waals surface area (Å²) in [5, 5.41) is 11.5. The molecular formula is C20H20ClNS. The lowest BCUT2D eigenvalue weighted by Gasteiger charge is -2.26. The Bertz CT molecular complexity index is 709. The highest BCUT2D eigenvalue weighted by Crippen LogP contribution is 2.37. The maximum absolute atomic E-state index is 8.74. The van der Waals surface area contributed by atoms with Crippen molar-refractivity contribution >= 4 is 23.4 Å². The zero-order chi connectivity index (χ0) is 16.2. The van der Waals surface area contributed by atoms with E-state index >= 15 is 0 Å². The van der Waals surface area contributed by atoms with E-state index in [1.54, 1.807) is 0 Å². The van der Waals surface area contributed by atoms with Crippen LogP contribution < -0.4 is 0 Å². The lowest BCUT2D eigenvalue weighted by Crippen LogP contribution is -2.10. The molecule has 3 rings (SSSR count). The molecule has 0 atom stereocenters. The Morgan fingerprint density at radius 2 is 1.74 bits per heavy atom. The maximum atomic E-state index is 8.74. The molecule has 0 radical (unpaired) electrons. The van der Waals surface area contributed by atoms with Gasteiger partial charge < -0.3 is 0 Å². The summed E-state index contributed by atoms with van der Waals surface area (Å²) in [7, 11) is 0. The number of thioether (sulfide) groups is 1. The van der Waals surface area contributed by atoms with E-state index in [2.05, 4.69) is 36.6 Å². The van der Waals surface area contributed by atoms with Gasteiger partial charge in [0.2, 0.25) is 0 Å². The first-order valence-corrected chi connectivity index (χ1v) is 9.32. The molecule has 1 fully saturated rings. The number of nitrogens with zero attached hydrogens (tertiary/aromatic N) is 1. The smallest absolute Gasteiger partial charge is 0.138 e. The van der Waals surface area contributed by atoms with Gasteiger partial charge >= 0.3 is 0 Å². The Hall–Kier alpha value is -1.43. The highest BCUT2D eigenvalue weighted by Gasteiger charge is 2.19. The molecule has 0 unspecified atom stereocenters. The van der Waals surface area contributed by atoms with Crippen LogP contribution in [0.2, 0.25) is 5.02 Å². The minimum atomic E-state index is 0.699. The summed E-state index contributed by atoms with van der Waals surface area (Å²) in [5.41, 5.74) is 3.61. The lowest BCUT2D eigenvalue weighted by atomic mass is 9.79. The molecule has 0 heterocycles. The van der Waals surface area contributed by atoms with Gasteiger partial charge in [0.25, 0.3) is 0 Å². The third-order valence-electron chi connectivity index (χ3n) is 4.81. The summed E-state index contributed by atoms with van der Waals surface area (Å²) in [6.45, 7) is 2.36. The van der Waals surface area contributed by atoms with Crippen LogP contribution >= 0.6 is 23.4 Å². The van der Waals surface area contributed by atoms with Crippen LogP contribution in [0.15, 0.2) is 47.4 Å². The number of thiocyanates is 1. The fourth-order valence-corrected chi connectivity index (χ4v) is 4.15. The first-order chi connectivity index (χ1) is 11.2. The molecule has 3 heteroatoms. The normalized spacial score (nSPS) is 20.9. The second kappa shape index (κ2) is 7.43. The van der Waals surface area contributed by atoms with Crippen LogP contribution in [0.3, 0.4) is 0 Å². The van der Waals surface area contributed by atoms with E-state index in [0.717, 1.165) is 33.7 Å². The van der Waals surface area contributed by atoms with Crippen molar-refractivity contribution in [2.45, 2.75) is 43.4 Å². The molecule has 0 saturated heterocycles. The number of benzene rings is 2. The molecule has 1 aliphatic carbocycles. The maximum Gasteiger partial charge on any atom is 0.138 e. The van der Waals surface area contributed by atoms with Gasteiger partial charge in [-0.25, -0.2) is 0 Å². The average molecular weight is 342 g/mol. The van der Waals surface area contributed by atoms with Crippen molar-refractivity contribution in [2.24, 2.45) is 5.92 Å². The Kier molecular flexibility index (Phi) is 5.30. The highest BCUT2D eigenvalue weighted by molar-refractivity contribution is 8.03. The zero-order valence-corrected chi connectivity index (χ0v) is 14.8. The number of rotatable bonds is 3. The molecule has 0 N–H and O–H groups in total. The Morgan fingerprint density at radius 3 is 2.35 bits per heavy atom. The van der Waals surface area contributed by atoms with Crippen LogP contribution in [0.4, 0.5) is 0 Å². The van der Waals surface area contributed by atoms with Gasteiger partial charge in [-0.3, -0.25) is 0 Å². The minimum absolute atomic E-state index is 0.699. The predicted octanol–water partition coefficient (Wildman–Crippen LogP) is 6.87. The van der Waals surface area contributed by atoms with Gasteiger partial charge in [0, 0.05) is 15.5 Å². The fraction of sp³-hybridized carbons (Fsp3) is 0.350. The van der Waals surface area contributed by atoms with Crippen molar-refractivity contribution in [3.05, 3.63) is 53.1 Å². The number of hydrogen-bond acceptors (Lipinski definition) is 2. The quantitative estimate of drug-likeness (QED) is 0.449. The standard InChI is InChI=1S/C20H20ClNS/c1-14-2-4-15(5-3-14)16-6-8-17(9-7-16)19-11-10-18(23-13-22)12-20(19)21/h6-12,14-15H,2-5H2,1H3. The topological polar surface area (TPSA) is 23.8 Å². The lowest BCUT2D eigenvalue weighted by molar-refractivity contribution is 0.348. The van der Waals surface area contributed by atoms with Gasteiger partial charge in [-0.1, -0.05) is 61.7 Å². The van der Waals surface area contributed by atoms with Crippen LogP contribution in [-0.2, 0) is 0 Å². The first-order valence-electron chi connectivity index (χ1n) is 8.13. The Morgan fingerprint density at radius 1 is 1.04 bits per heavy atom. The molecule has 0 aromatic heterocycles. The van der Waals surface area contributed by atoms with Crippen LogP contribution in [0.25, 0.3) is 11.1 Å². The summed E-state index contributed by atoms with van der Waals surface area (Å²) in [6.07, 6.45) is 5.30. The zero-order valence-electron chi connectivity index (χ0n) is 13.3. The monoisotopic (exact) mass is 341 g/mol. The van der Waals surface area contributed by atoms with Gasteiger partial charge in [0.05, 0.1) is 0 Å². The van der Waals surface area contributed by atoms with Crippen LogP contribution in [-0.4, -0.2) is 0 Å². The highest BCUT2D eigenvalue weighted by atomic mass is 35.5. The third kappa shape index (κ3) is 3.91. The van der Waals surface area contributed by atoms with Crippen LogP contribution in [0.5, 0.6) is 0 Å². The van der Waals surface area contributed by atoms with E-state index in [0.29, 0.717) is 10.9 Å². The molecule has 0 aliphatic heterocycles. The summed E-state index contributed by atoms with van der Waals surface area (Å²) in [6, 6.07) is 14.7. The molecule has 2 aromatic rings. The van der Waals surface area contributed by atoms with Gasteiger partial charge in [-0.2, -0.15) is 5.26 Å². The van der Waals surface area contributed by atoms with Gasteiger partial charge in [0.1, 0.15) is 5.40 Å². The molecule has 118 valence electrons. The molecule has 1 saturated carbocycles. The summed E-state index contributed by atoms with van der Waals surface area (Å²) in [5.74, 6) is 1.60. The molecule has 0 spiro atoms. The summed E-state index contributed by atoms with van der Waals surface area (Å²) < 4.78 is 0. The van der Waals surface area contributed by atoms with Gasteiger partial charge in [-0.05, 0) is 59.7 Å². The molecule has 0 bridgehead atoms.